The van der Waals surface area contributed by atoms with E-state index >= 15 is 0 Å². The average Bonchev–Trinajstić information content (AvgIpc) is 2.87. The molecule has 5 nitrogen and oxygen atoms in total. The van der Waals surface area contributed by atoms with Gasteiger partial charge in [0, 0.05) is 12.9 Å². The van der Waals surface area contributed by atoms with Gasteiger partial charge in [0.25, 0.3) is 0 Å². The van der Waals surface area contributed by atoms with Gasteiger partial charge in [-0.1, -0.05) is 0 Å². The van der Waals surface area contributed by atoms with Crippen molar-refractivity contribution in [1.82, 2.24) is 15.3 Å². The van der Waals surface area contributed by atoms with Crippen molar-refractivity contribution in [2.45, 2.75) is 18.8 Å². The Kier molecular flexibility index (Phi) is 4.17. The van der Waals surface area contributed by atoms with Crippen LogP contribution in [-0.2, 0) is 0 Å². The van der Waals surface area contributed by atoms with Crippen molar-refractivity contribution < 1.29 is 4.42 Å². The molecule has 0 bridgehead atoms. The molecule has 0 saturated carbocycles. The Morgan fingerprint density at radius 2 is 2.47 bits per heavy atom. The number of alkyl halides is 1. The fourth-order valence-electron chi connectivity index (χ4n) is 1.52. The SMILES string of the molecule is Cc1ncoc1C1=NNC(SCCCCl)N1C. The molecule has 1 aromatic heterocycles. The summed E-state index contributed by atoms with van der Waals surface area (Å²) in [6.07, 6.45) is 2.43. The third-order valence-corrected chi connectivity index (χ3v) is 4.00. The minimum absolute atomic E-state index is 0.137. The normalized spacial score (nSPS) is 19.4. The third kappa shape index (κ3) is 2.69. The van der Waals surface area contributed by atoms with Gasteiger partial charge in [0.2, 0.25) is 0 Å². The number of rotatable bonds is 5. The first-order valence-electron chi connectivity index (χ1n) is 5.38. The molecule has 7 heteroatoms. The summed E-state index contributed by atoms with van der Waals surface area (Å²) in [6.45, 7) is 1.91. The quantitative estimate of drug-likeness (QED) is 0.656. The van der Waals surface area contributed by atoms with Crippen LogP contribution in [-0.4, -0.2) is 39.9 Å². The maximum atomic E-state index is 5.65. The molecule has 1 aliphatic heterocycles. The summed E-state index contributed by atoms with van der Waals surface area (Å²) in [6, 6.07) is 0. The van der Waals surface area contributed by atoms with Crippen LogP contribution in [0.15, 0.2) is 15.9 Å². The van der Waals surface area contributed by atoms with Gasteiger partial charge < -0.3 is 9.32 Å². The lowest BCUT2D eigenvalue weighted by atomic mass is 10.3. The second-order valence-corrected chi connectivity index (χ2v) is 5.27. The minimum Gasteiger partial charge on any atom is -0.440 e. The predicted octanol–water partition coefficient (Wildman–Crippen LogP) is 1.83. The lowest BCUT2D eigenvalue weighted by molar-refractivity contribution is 0.452. The number of nitrogens with one attached hydrogen (secondary N) is 1. The Labute approximate surface area is 110 Å². The summed E-state index contributed by atoms with van der Waals surface area (Å²) < 4.78 is 5.34. The van der Waals surface area contributed by atoms with Crippen LogP contribution in [0.25, 0.3) is 0 Å². The number of aromatic nitrogens is 1. The molecule has 0 amide bonds. The maximum Gasteiger partial charge on any atom is 0.195 e. The summed E-state index contributed by atoms with van der Waals surface area (Å²) in [5.74, 6) is 3.21. The number of amidine groups is 1. The molecule has 94 valence electrons. The zero-order valence-corrected chi connectivity index (χ0v) is 11.4. The first kappa shape index (κ1) is 12.6. The van der Waals surface area contributed by atoms with E-state index in [2.05, 4.69) is 15.5 Å². The Hall–Kier alpha value is -0.880. The average molecular weight is 275 g/mol. The fourth-order valence-corrected chi connectivity index (χ4v) is 2.80. The molecular formula is C10H15ClN4OS. The van der Waals surface area contributed by atoms with Crippen LogP contribution < -0.4 is 5.43 Å². The summed E-state index contributed by atoms with van der Waals surface area (Å²) in [4.78, 5) is 6.12. The van der Waals surface area contributed by atoms with Crippen LogP contribution in [0.5, 0.6) is 0 Å². The van der Waals surface area contributed by atoms with Gasteiger partial charge in [-0.15, -0.1) is 23.4 Å². The van der Waals surface area contributed by atoms with E-state index in [1.54, 1.807) is 11.8 Å². The van der Waals surface area contributed by atoms with E-state index in [0.717, 1.165) is 29.5 Å². The number of hydrogen-bond acceptors (Lipinski definition) is 6. The van der Waals surface area contributed by atoms with E-state index in [1.165, 1.54) is 6.39 Å². The molecule has 1 atom stereocenters. The second-order valence-electron chi connectivity index (χ2n) is 3.71. The Morgan fingerprint density at radius 3 is 3.12 bits per heavy atom. The van der Waals surface area contributed by atoms with Gasteiger partial charge in [0.15, 0.2) is 23.5 Å². The maximum absolute atomic E-state index is 5.65. The molecule has 0 radical (unpaired) electrons. The van der Waals surface area contributed by atoms with Crippen molar-refractivity contribution >= 4 is 29.2 Å². The van der Waals surface area contributed by atoms with E-state index < -0.39 is 0 Å². The van der Waals surface area contributed by atoms with Gasteiger partial charge in [-0.2, -0.15) is 5.10 Å². The van der Waals surface area contributed by atoms with Crippen molar-refractivity contribution in [2.24, 2.45) is 5.10 Å². The third-order valence-electron chi connectivity index (χ3n) is 2.47. The minimum atomic E-state index is 0.137. The van der Waals surface area contributed by atoms with Crippen molar-refractivity contribution in [3.8, 4) is 0 Å². The molecule has 2 rings (SSSR count). The number of halogens is 1. The van der Waals surface area contributed by atoms with Gasteiger partial charge >= 0.3 is 0 Å². The molecule has 1 unspecified atom stereocenters. The first-order valence-corrected chi connectivity index (χ1v) is 6.96. The number of thioether (sulfide) groups is 1. The predicted molar refractivity (Wildman–Crippen MR) is 70.3 cm³/mol. The molecule has 2 heterocycles. The number of oxazole rings is 1. The summed E-state index contributed by atoms with van der Waals surface area (Å²) in [5.41, 5.74) is 4.06. The Bertz CT molecular complexity index is 409. The van der Waals surface area contributed by atoms with Crippen LogP contribution >= 0.6 is 23.4 Å². The molecule has 0 aromatic carbocycles. The lowest BCUT2D eigenvalue weighted by Crippen LogP contribution is -2.35. The number of hydrazone groups is 1. The largest absolute Gasteiger partial charge is 0.440 e. The fraction of sp³-hybridized carbons (Fsp3) is 0.600. The highest BCUT2D eigenvalue weighted by Crippen LogP contribution is 2.21. The van der Waals surface area contributed by atoms with E-state index in [-0.39, 0.29) is 5.50 Å². The standard InChI is InChI=1S/C10H15ClN4OS/c1-7-8(16-6-12-7)9-13-14-10(15(9)2)17-5-3-4-11/h6,10,14H,3-5H2,1-2H3. The lowest BCUT2D eigenvalue weighted by Gasteiger charge is -2.20. The van der Waals surface area contributed by atoms with Crippen molar-refractivity contribution in [1.29, 1.82) is 0 Å². The zero-order chi connectivity index (χ0) is 12.3. The Balaban J connectivity index is 1.97. The van der Waals surface area contributed by atoms with Crippen LogP contribution in [0.1, 0.15) is 17.9 Å². The topological polar surface area (TPSA) is 53.7 Å². The highest BCUT2D eigenvalue weighted by molar-refractivity contribution is 7.99. The monoisotopic (exact) mass is 274 g/mol. The van der Waals surface area contributed by atoms with E-state index in [1.807, 2.05) is 18.9 Å². The van der Waals surface area contributed by atoms with Crippen LogP contribution in [0.2, 0.25) is 0 Å². The Morgan fingerprint density at radius 1 is 1.65 bits per heavy atom. The molecule has 17 heavy (non-hydrogen) atoms. The van der Waals surface area contributed by atoms with Crippen molar-refractivity contribution in [2.75, 3.05) is 18.7 Å². The van der Waals surface area contributed by atoms with Crippen LogP contribution in [0, 0.1) is 6.92 Å². The van der Waals surface area contributed by atoms with Crippen LogP contribution in [0.4, 0.5) is 0 Å². The molecule has 1 aromatic rings. The summed E-state index contributed by atoms with van der Waals surface area (Å²) >= 11 is 7.43. The van der Waals surface area contributed by atoms with Gasteiger partial charge in [0.05, 0.1) is 5.69 Å². The number of nitrogens with zero attached hydrogens (tertiary/aromatic N) is 3. The molecule has 0 spiro atoms. The summed E-state index contributed by atoms with van der Waals surface area (Å²) in [7, 11) is 1.99. The van der Waals surface area contributed by atoms with Gasteiger partial charge in [-0.25, -0.2) is 4.98 Å². The van der Waals surface area contributed by atoms with Gasteiger partial charge in [-0.05, 0) is 19.1 Å². The highest BCUT2D eigenvalue weighted by atomic mass is 35.5. The molecule has 1 N–H and O–H groups in total. The van der Waals surface area contributed by atoms with Crippen molar-refractivity contribution in [3.63, 3.8) is 0 Å². The molecule has 1 aliphatic rings. The van der Waals surface area contributed by atoms with Crippen LogP contribution in [0.3, 0.4) is 0 Å². The van der Waals surface area contributed by atoms with Crippen molar-refractivity contribution in [3.05, 3.63) is 17.8 Å². The van der Waals surface area contributed by atoms with Gasteiger partial charge in [0.1, 0.15) is 0 Å². The van der Waals surface area contributed by atoms with E-state index in [4.69, 9.17) is 16.0 Å². The highest BCUT2D eigenvalue weighted by Gasteiger charge is 2.28. The molecule has 0 aliphatic carbocycles. The van der Waals surface area contributed by atoms with E-state index in [0.29, 0.717) is 5.88 Å². The van der Waals surface area contributed by atoms with Gasteiger partial charge in [-0.3, -0.25) is 5.43 Å². The molecule has 0 saturated heterocycles. The number of hydrogen-bond donors (Lipinski definition) is 1. The smallest absolute Gasteiger partial charge is 0.195 e. The molecule has 0 fully saturated rings. The molecular weight excluding hydrogens is 260 g/mol. The number of aryl methyl sites for hydroxylation is 1. The summed E-state index contributed by atoms with van der Waals surface area (Å²) in [5, 5.41) is 4.29. The zero-order valence-electron chi connectivity index (χ0n) is 9.81. The second kappa shape index (κ2) is 5.64. The first-order chi connectivity index (χ1) is 8.24. The van der Waals surface area contributed by atoms with E-state index in [9.17, 15) is 0 Å².